The van der Waals surface area contributed by atoms with E-state index in [0.29, 0.717) is 50.9 Å². The van der Waals surface area contributed by atoms with E-state index in [1.54, 1.807) is 84.3 Å². The van der Waals surface area contributed by atoms with Crippen LogP contribution in [0.4, 0.5) is 4.39 Å². The Morgan fingerprint density at radius 1 is 0.464 bits per heavy atom. The van der Waals surface area contributed by atoms with Crippen LogP contribution in [0.2, 0.25) is 0 Å². The van der Waals surface area contributed by atoms with Gasteiger partial charge in [-0.2, -0.15) is 0 Å². The summed E-state index contributed by atoms with van der Waals surface area (Å²) in [6.45, 7) is 9.66. The summed E-state index contributed by atoms with van der Waals surface area (Å²) in [5.74, 6) is -1.59. The number of carbonyl (C=O) groups excluding carboxylic acids is 2. The highest BCUT2D eigenvalue weighted by Crippen LogP contribution is 2.19. The first-order chi connectivity index (χ1) is 33.3. The van der Waals surface area contributed by atoms with Crippen LogP contribution in [0, 0.1) is 19.7 Å². The lowest BCUT2D eigenvalue weighted by Gasteiger charge is -2.23. The molecule has 0 unspecified atom stereocenters. The molecule has 6 aromatic carbocycles. The van der Waals surface area contributed by atoms with Gasteiger partial charge < -0.3 is 39.0 Å². The predicted molar refractivity (Wildman–Crippen MR) is 261 cm³/mol. The molecule has 0 aliphatic rings. The van der Waals surface area contributed by atoms with E-state index in [-0.39, 0.29) is 43.7 Å². The number of hydrogen-bond donors (Lipinski definition) is 2. The fraction of sp³-hybridized carbons (Fsp3) is 0.286. The van der Waals surface area contributed by atoms with Crippen LogP contribution in [0.25, 0.3) is 0 Å². The number of carbonyl (C=O) groups is 4. The maximum absolute atomic E-state index is 13.3. The summed E-state index contributed by atoms with van der Waals surface area (Å²) in [4.78, 5) is 52.2. The maximum atomic E-state index is 13.3. The van der Waals surface area contributed by atoms with E-state index in [2.05, 4.69) is 0 Å². The molecule has 6 rings (SSSR count). The first-order valence-electron chi connectivity index (χ1n) is 22.9. The molecule has 0 aliphatic carbocycles. The van der Waals surface area contributed by atoms with Crippen LogP contribution >= 0.6 is 0 Å². The van der Waals surface area contributed by atoms with E-state index in [4.69, 9.17) is 18.9 Å². The SMILES string of the molecule is CCO[C@@H](Cc1ccc(OCC(=O)N(Cc2ccc(C)cc2)Cc2ccc(F)cc2)cc1)C(=O)O.CCO[C@@H](Cc1ccc(OCC(=O)N(Cc2ccccc2)Cc2ccc(C)cc2)cc1)C(=O)O. The van der Waals surface area contributed by atoms with Crippen molar-refractivity contribution in [1.82, 2.24) is 9.80 Å². The summed E-state index contributed by atoms with van der Waals surface area (Å²) in [5.41, 5.74) is 7.83. The minimum atomic E-state index is -1.01. The van der Waals surface area contributed by atoms with Gasteiger partial charge in [-0.1, -0.05) is 126 Å². The Bertz CT molecular complexity index is 2450. The normalized spacial score (nSPS) is 11.6. The largest absolute Gasteiger partial charge is 0.484 e. The molecule has 2 N–H and O–H groups in total. The van der Waals surface area contributed by atoms with Gasteiger partial charge in [0.25, 0.3) is 11.8 Å². The molecular formula is C56H61FN2O10. The van der Waals surface area contributed by atoms with Gasteiger partial charge in [0, 0.05) is 52.2 Å². The van der Waals surface area contributed by atoms with E-state index in [0.717, 1.165) is 38.9 Å². The minimum absolute atomic E-state index is 0.0886. The first kappa shape index (κ1) is 52.6. The summed E-state index contributed by atoms with van der Waals surface area (Å²) < 4.78 is 35.3. The van der Waals surface area contributed by atoms with Crippen LogP contribution < -0.4 is 9.47 Å². The number of halogens is 1. The van der Waals surface area contributed by atoms with Crippen molar-refractivity contribution in [2.75, 3.05) is 26.4 Å². The van der Waals surface area contributed by atoms with Crippen molar-refractivity contribution in [3.63, 3.8) is 0 Å². The molecule has 0 fully saturated rings. The summed E-state index contributed by atoms with van der Waals surface area (Å²) >= 11 is 0. The molecule has 6 aromatic rings. The Kier molecular flexibility index (Phi) is 20.9. The second-order valence-electron chi connectivity index (χ2n) is 16.4. The van der Waals surface area contributed by atoms with Crippen LogP contribution in [0.1, 0.15) is 58.4 Å². The molecule has 362 valence electrons. The van der Waals surface area contributed by atoms with Crippen LogP contribution in [-0.4, -0.2) is 82.4 Å². The van der Waals surface area contributed by atoms with Crippen molar-refractivity contribution in [1.29, 1.82) is 0 Å². The zero-order chi connectivity index (χ0) is 49.5. The van der Waals surface area contributed by atoms with Gasteiger partial charge in [0.05, 0.1) is 0 Å². The average Bonchev–Trinajstić information content (AvgIpc) is 3.35. The molecule has 12 nitrogen and oxygen atoms in total. The monoisotopic (exact) mass is 940 g/mol. The lowest BCUT2D eigenvalue weighted by atomic mass is 10.1. The first-order valence-corrected chi connectivity index (χ1v) is 22.9. The van der Waals surface area contributed by atoms with Crippen molar-refractivity contribution < 1.29 is 52.7 Å². The maximum Gasteiger partial charge on any atom is 0.333 e. The van der Waals surface area contributed by atoms with Gasteiger partial charge in [-0.05, 0) is 97.5 Å². The summed E-state index contributed by atoms with van der Waals surface area (Å²) in [5, 5.41) is 18.5. The van der Waals surface area contributed by atoms with E-state index >= 15 is 0 Å². The van der Waals surface area contributed by atoms with Gasteiger partial charge in [-0.25, -0.2) is 14.0 Å². The smallest absolute Gasteiger partial charge is 0.333 e. The number of ether oxygens (including phenoxy) is 4. The molecule has 0 saturated heterocycles. The van der Waals surface area contributed by atoms with E-state index in [1.807, 2.05) is 92.7 Å². The average molecular weight is 941 g/mol. The van der Waals surface area contributed by atoms with Crippen molar-refractivity contribution >= 4 is 23.8 Å². The zero-order valence-corrected chi connectivity index (χ0v) is 39.6. The van der Waals surface area contributed by atoms with Gasteiger partial charge >= 0.3 is 11.9 Å². The van der Waals surface area contributed by atoms with Gasteiger partial charge in [-0.3, -0.25) is 9.59 Å². The second-order valence-corrected chi connectivity index (χ2v) is 16.4. The molecule has 0 saturated carbocycles. The molecule has 2 atom stereocenters. The highest BCUT2D eigenvalue weighted by Gasteiger charge is 2.21. The number of amides is 2. The zero-order valence-electron chi connectivity index (χ0n) is 39.6. The number of aryl methyl sites for hydroxylation is 2. The predicted octanol–water partition coefficient (Wildman–Crippen LogP) is 9.41. The lowest BCUT2D eigenvalue weighted by Crippen LogP contribution is -2.34. The fourth-order valence-electron chi connectivity index (χ4n) is 7.09. The van der Waals surface area contributed by atoms with Gasteiger partial charge in [0.15, 0.2) is 25.4 Å². The Balaban J connectivity index is 0.000000258. The molecule has 13 heteroatoms. The fourth-order valence-corrected chi connectivity index (χ4v) is 7.09. The Morgan fingerprint density at radius 3 is 1.12 bits per heavy atom. The third-order valence-electron chi connectivity index (χ3n) is 10.9. The van der Waals surface area contributed by atoms with E-state index in [9.17, 15) is 33.8 Å². The number of nitrogens with zero attached hydrogens (tertiary/aromatic N) is 2. The van der Waals surface area contributed by atoms with E-state index < -0.39 is 24.1 Å². The number of carboxylic acids is 2. The van der Waals surface area contributed by atoms with Crippen LogP contribution in [0.15, 0.2) is 152 Å². The third-order valence-corrected chi connectivity index (χ3v) is 10.9. The van der Waals surface area contributed by atoms with Crippen molar-refractivity contribution in [2.45, 2.75) is 78.9 Å². The summed E-state index contributed by atoms with van der Waals surface area (Å²) in [6.07, 6.45) is -1.28. The Labute approximate surface area is 403 Å². The van der Waals surface area contributed by atoms with Gasteiger partial charge in [0.2, 0.25) is 0 Å². The highest BCUT2D eigenvalue weighted by molar-refractivity contribution is 5.78. The molecular weight excluding hydrogens is 880 g/mol. The van der Waals surface area contributed by atoms with E-state index in [1.165, 1.54) is 17.7 Å². The number of benzene rings is 6. The quantitative estimate of drug-likeness (QED) is 0.0601. The Morgan fingerprint density at radius 2 is 0.783 bits per heavy atom. The molecule has 0 aliphatic heterocycles. The van der Waals surface area contributed by atoms with Crippen LogP contribution in [0.5, 0.6) is 11.5 Å². The van der Waals surface area contributed by atoms with Crippen molar-refractivity contribution in [2.24, 2.45) is 0 Å². The highest BCUT2D eigenvalue weighted by atomic mass is 19.1. The molecule has 2 amide bonds. The summed E-state index contributed by atoms with van der Waals surface area (Å²) in [7, 11) is 0. The van der Waals surface area contributed by atoms with Crippen LogP contribution in [0.3, 0.4) is 0 Å². The topological polar surface area (TPSA) is 152 Å². The van der Waals surface area contributed by atoms with Gasteiger partial charge in [0.1, 0.15) is 17.3 Å². The number of hydrogen-bond acceptors (Lipinski definition) is 8. The number of carboxylic acid groups (broad SMARTS) is 2. The molecule has 0 radical (unpaired) electrons. The molecule has 0 spiro atoms. The third kappa shape index (κ3) is 18.3. The van der Waals surface area contributed by atoms with Crippen molar-refractivity contribution in [3.8, 4) is 11.5 Å². The summed E-state index contributed by atoms with van der Waals surface area (Å²) in [6, 6.07) is 46.1. The standard InChI is InChI=1S/C28H30FNO5.C28H31NO5/c1-3-34-26(28(32)33)16-21-10-14-25(15-11-21)35-19-27(31)30(17-22-6-4-20(2)5-7-22)18-23-8-12-24(29)13-9-23;1-3-33-26(28(31)32)17-22-13-15-25(16-14-22)34-20-27(30)29(18-23-7-5-4-6-8-23)19-24-11-9-21(2)10-12-24/h4-15,26H,3,16-19H2,1-2H3,(H,32,33);4-16,26H,3,17-20H2,1-2H3,(H,31,32)/t2*26-/m00/s1. The number of rotatable bonds is 24. The molecule has 0 heterocycles. The van der Waals surface area contributed by atoms with Crippen LogP contribution in [-0.2, 0) is 67.7 Å². The minimum Gasteiger partial charge on any atom is -0.484 e. The lowest BCUT2D eigenvalue weighted by molar-refractivity contribution is -0.150. The molecule has 0 bridgehead atoms. The number of aliphatic carboxylic acids is 2. The Hall–Kier alpha value is -7.35. The van der Waals surface area contributed by atoms with Crippen molar-refractivity contribution in [3.05, 3.63) is 202 Å². The second kappa shape index (κ2) is 27.5. The molecule has 69 heavy (non-hydrogen) atoms. The van der Waals surface area contributed by atoms with Gasteiger partial charge in [-0.15, -0.1) is 0 Å². The molecule has 0 aromatic heterocycles.